The zero-order chi connectivity index (χ0) is 33.7. The number of rotatable bonds is 5. The van der Waals surface area contributed by atoms with Crippen LogP contribution >= 0.6 is 0 Å². The molecule has 10 aromatic rings. The van der Waals surface area contributed by atoms with Crippen molar-refractivity contribution in [2.75, 3.05) is 0 Å². The lowest BCUT2D eigenvalue weighted by atomic mass is 9.85. The molecule has 0 saturated heterocycles. The van der Waals surface area contributed by atoms with E-state index in [-0.39, 0.29) is 0 Å². The Morgan fingerprint density at radius 2 is 0.588 bits per heavy atom. The molecule has 9 aromatic carbocycles. The molecule has 1 nitrogen and oxygen atoms in total. The van der Waals surface area contributed by atoms with Gasteiger partial charge in [0, 0.05) is 16.5 Å². The largest absolute Gasteiger partial charge is 0.309 e. The Morgan fingerprint density at radius 1 is 0.235 bits per heavy atom. The summed E-state index contributed by atoms with van der Waals surface area (Å²) in [6, 6.07) is 72.9. The molecular formula is C50H33N. The molecule has 238 valence electrons. The van der Waals surface area contributed by atoms with Gasteiger partial charge in [0.25, 0.3) is 0 Å². The van der Waals surface area contributed by atoms with Crippen LogP contribution in [0, 0.1) is 0 Å². The van der Waals surface area contributed by atoms with Crippen LogP contribution in [0.15, 0.2) is 200 Å². The van der Waals surface area contributed by atoms with E-state index in [4.69, 9.17) is 0 Å². The van der Waals surface area contributed by atoms with Gasteiger partial charge < -0.3 is 4.57 Å². The number of nitrogens with zero attached hydrogens (tertiary/aromatic N) is 1. The van der Waals surface area contributed by atoms with Gasteiger partial charge in [-0.3, -0.25) is 0 Å². The van der Waals surface area contributed by atoms with Crippen molar-refractivity contribution in [3.05, 3.63) is 200 Å². The quantitative estimate of drug-likeness (QED) is 0.164. The molecule has 0 spiro atoms. The molecule has 10 rings (SSSR count). The molecule has 1 aromatic heterocycles. The first-order valence-corrected chi connectivity index (χ1v) is 17.6. The SMILES string of the molecule is c1ccc(-c2ccc(-c3ccc(-c4c5ccccc5c(-c5cccc(-n6c7ccccc7c7ccccc76)c5)c5ccccc45)cc3)cc2)cc1. The van der Waals surface area contributed by atoms with Crippen molar-refractivity contribution in [3.63, 3.8) is 0 Å². The third kappa shape index (κ3) is 4.86. The summed E-state index contributed by atoms with van der Waals surface area (Å²) >= 11 is 0. The van der Waals surface area contributed by atoms with Gasteiger partial charge >= 0.3 is 0 Å². The summed E-state index contributed by atoms with van der Waals surface area (Å²) in [5.74, 6) is 0. The average molecular weight is 648 g/mol. The summed E-state index contributed by atoms with van der Waals surface area (Å²) in [6.45, 7) is 0. The van der Waals surface area contributed by atoms with Gasteiger partial charge in [-0.1, -0.05) is 176 Å². The number of hydrogen-bond donors (Lipinski definition) is 0. The monoisotopic (exact) mass is 647 g/mol. The van der Waals surface area contributed by atoms with E-state index in [9.17, 15) is 0 Å². The van der Waals surface area contributed by atoms with Gasteiger partial charge in [-0.05, 0) is 90.3 Å². The Kier molecular flexibility index (Phi) is 6.89. The fraction of sp³-hybridized carbons (Fsp3) is 0. The van der Waals surface area contributed by atoms with E-state index >= 15 is 0 Å². The summed E-state index contributed by atoms with van der Waals surface area (Å²) in [6.07, 6.45) is 0. The molecule has 0 N–H and O–H groups in total. The van der Waals surface area contributed by atoms with Gasteiger partial charge in [0.2, 0.25) is 0 Å². The van der Waals surface area contributed by atoms with Gasteiger partial charge in [-0.15, -0.1) is 0 Å². The van der Waals surface area contributed by atoms with Crippen molar-refractivity contribution in [3.8, 4) is 50.2 Å². The zero-order valence-corrected chi connectivity index (χ0v) is 28.0. The highest BCUT2D eigenvalue weighted by Crippen LogP contribution is 2.44. The molecule has 0 radical (unpaired) electrons. The third-order valence-electron chi connectivity index (χ3n) is 10.4. The van der Waals surface area contributed by atoms with E-state index in [1.807, 2.05) is 0 Å². The topological polar surface area (TPSA) is 4.93 Å². The molecule has 0 bridgehead atoms. The number of fused-ring (bicyclic) bond motifs is 5. The Labute approximate surface area is 297 Å². The summed E-state index contributed by atoms with van der Waals surface area (Å²) in [4.78, 5) is 0. The summed E-state index contributed by atoms with van der Waals surface area (Å²) in [7, 11) is 0. The van der Waals surface area contributed by atoms with Crippen molar-refractivity contribution in [2.24, 2.45) is 0 Å². The first-order chi connectivity index (χ1) is 25.3. The smallest absolute Gasteiger partial charge is 0.0541 e. The Balaban J connectivity index is 1.11. The molecule has 1 heterocycles. The normalized spacial score (nSPS) is 11.5. The number of para-hydroxylation sites is 2. The minimum atomic E-state index is 1.16. The fourth-order valence-electron chi connectivity index (χ4n) is 8.07. The van der Waals surface area contributed by atoms with Crippen molar-refractivity contribution >= 4 is 43.4 Å². The number of benzene rings is 9. The second-order valence-corrected chi connectivity index (χ2v) is 13.3. The molecular weight excluding hydrogens is 615 g/mol. The standard InChI is InChI=1S/C50H33N/c1-2-13-34(14-3-1)35-25-27-36(28-26-35)37-29-31-38(32-30-37)49-43-19-4-6-21-45(43)50(46-22-7-5-20-44(46)49)39-15-12-16-40(33-39)51-47-23-10-8-17-41(47)42-18-9-11-24-48(42)51/h1-33H. The Morgan fingerprint density at radius 3 is 1.08 bits per heavy atom. The predicted octanol–water partition coefficient (Wildman–Crippen LogP) is 13.8. The summed E-state index contributed by atoms with van der Waals surface area (Å²) in [5, 5.41) is 7.57. The second kappa shape index (κ2) is 12.0. The van der Waals surface area contributed by atoms with Crippen molar-refractivity contribution < 1.29 is 0 Å². The highest BCUT2D eigenvalue weighted by atomic mass is 15.0. The van der Waals surface area contributed by atoms with Gasteiger partial charge in [-0.2, -0.15) is 0 Å². The van der Waals surface area contributed by atoms with Gasteiger partial charge in [0.15, 0.2) is 0 Å². The molecule has 0 aliphatic carbocycles. The lowest BCUT2D eigenvalue weighted by Gasteiger charge is -2.18. The van der Waals surface area contributed by atoms with Crippen LogP contribution < -0.4 is 0 Å². The van der Waals surface area contributed by atoms with Crippen molar-refractivity contribution in [2.45, 2.75) is 0 Å². The van der Waals surface area contributed by atoms with E-state index in [2.05, 4.69) is 205 Å². The highest BCUT2D eigenvalue weighted by molar-refractivity contribution is 6.21. The van der Waals surface area contributed by atoms with Crippen LogP contribution in [0.3, 0.4) is 0 Å². The highest BCUT2D eigenvalue weighted by Gasteiger charge is 2.18. The van der Waals surface area contributed by atoms with Gasteiger partial charge in [-0.25, -0.2) is 0 Å². The minimum absolute atomic E-state index is 1.16. The summed E-state index contributed by atoms with van der Waals surface area (Å²) in [5.41, 5.74) is 13.5. The first-order valence-electron chi connectivity index (χ1n) is 17.6. The molecule has 1 heteroatoms. The van der Waals surface area contributed by atoms with E-state index in [1.165, 1.54) is 87.9 Å². The van der Waals surface area contributed by atoms with E-state index < -0.39 is 0 Å². The first kappa shape index (κ1) is 29.2. The maximum atomic E-state index is 2.41. The summed E-state index contributed by atoms with van der Waals surface area (Å²) < 4.78 is 2.41. The Hall–Kier alpha value is -6.70. The molecule has 0 saturated carbocycles. The third-order valence-corrected chi connectivity index (χ3v) is 10.4. The van der Waals surface area contributed by atoms with Crippen LogP contribution in [0.2, 0.25) is 0 Å². The molecule has 0 aliphatic heterocycles. The molecule has 0 amide bonds. The predicted molar refractivity (Wildman–Crippen MR) is 218 cm³/mol. The van der Waals surface area contributed by atoms with E-state index in [1.54, 1.807) is 0 Å². The maximum absolute atomic E-state index is 2.41. The lowest BCUT2D eigenvalue weighted by Crippen LogP contribution is -1.95. The van der Waals surface area contributed by atoms with Crippen LogP contribution in [0.5, 0.6) is 0 Å². The van der Waals surface area contributed by atoms with Crippen LogP contribution in [-0.2, 0) is 0 Å². The van der Waals surface area contributed by atoms with Gasteiger partial charge in [0.1, 0.15) is 0 Å². The molecule has 0 aliphatic rings. The Bertz CT molecular complexity index is 2770. The molecule has 0 unspecified atom stereocenters. The van der Waals surface area contributed by atoms with Gasteiger partial charge in [0.05, 0.1) is 11.0 Å². The maximum Gasteiger partial charge on any atom is 0.0541 e. The molecule has 51 heavy (non-hydrogen) atoms. The minimum Gasteiger partial charge on any atom is -0.309 e. The lowest BCUT2D eigenvalue weighted by molar-refractivity contribution is 1.18. The fourth-order valence-corrected chi connectivity index (χ4v) is 8.07. The van der Waals surface area contributed by atoms with E-state index in [0.29, 0.717) is 0 Å². The number of aromatic nitrogens is 1. The van der Waals surface area contributed by atoms with Crippen LogP contribution in [-0.4, -0.2) is 4.57 Å². The van der Waals surface area contributed by atoms with Crippen molar-refractivity contribution in [1.82, 2.24) is 4.57 Å². The van der Waals surface area contributed by atoms with Crippen LogP contribution in [0.25, 0.3) is 93.5 Å². The van der Waals surface area contributed by atoms with Crippen molar-refractivity contribution in [1.29, 1.82) is 0 Å². The molecule has 0 fully saturated rings. The van der Waals surface area contributed by atoms with Crippen LogP contribution in [0.1, 0.15) is 0 Å². The number of hydrogen-bond acceptors (Lipinski definition) is 0. The van der Waals surface area contributed by atoms with E-state index in [0.717, 1.165) is 5.69 Å². The zero-order valence-electron chi connectivity index (χ0n) is 28.0. The average Bonchev–Trinajstić information content (AvgIpc) is 3.55. The molecule has 0 atom stereocenters. The second-order valence-electron chi connectivity index (χ2n) is 13.3. The van der Waals surface area contributed by atoms with Crippen LogP contribution in [0.4, 0.5) is 0 Å².